The Labute approximate surface area is 160 Å². The molecule has 1 N–H and O–H groups in total. The molecule has 1 fully saturated rings. The summed E-state index contributed by atoms with van der Waals surface area (Å²) in [4.78, 5) is 11.1. The molecule has 1 aromatic carbocycles. The zero-order chi connectivity index (χ0) is 18.8. The first-order valence-corrected chi connectivity index (χ1v) is 9.81. The third-order valence-electron chi connectivity index (χ3n) is 5.75. The molecule has 0 spiro atoms. The second-order valence-electron chi connectivity index (χ2n) is 7.89. The van der Waals surface area contributed by atoms with Crippen molar-refractivity contribution in [3.63, 3.8) is 0 Å². The highest BCUT2D eigenvalue weighted by Gasteiger charge is 2.22. The third kappa shape index (κ3) is 4.14. The van der Waals surface area contributed by atoms with E-state index in [4.69, 9.17) is 4.42 Å². The maximum atomic E-state index is 5.66. The Morgan fingerprint density at radius 2 is 1.85 bits per heavy atom. The maximum absolute atomic E-state index is 5.66. The summed E-state index contributed by atoms with van der Waals surface area (Å²) in [6, 6.07) is 9.17. The number of fused-ring (bicyclic) bond motifs is 1. The molecule has 3 aromatic rings. The molecule has 1 aliphatic rings. The molecule has 0 amide bonds. The first-order valence-electron chi connectivity index (χ1n) is 9.81. The predicted octanol–water partition coefficient (Wildman–Crippen LogP) is 4.73. The minimum Gasteiger partial charge on any atom is -0.441 e. The fourth-order valence-electron chi connectivity index (χ4n) is 4.00. The fourth-order valence-corrected chi connectivity index (χ4v) is 4.00. The number of benzene rings is 1. The van der Waals surface area contributed by atoms with E-state index < -0.39 is 0 Å². The zero-order valence-corrected chi connectivity index (χ0v) is 16.4. The highest BCUT2D eigenvalue weighted by Crippen LogP contribution is 2.28. The molecule has 27 heavy (non-hydrogen) atoms. The van der Waals surface area contributed by atoms with Crippen LogP contribution in [0, 0.1) is 12.8 Å². The minimum absolute atomic E-state index is 0.686. The molecule has 1 aliphatic carbocycles. The van der Waals surface area contributed by atoms with Crippen LogP contribution in [-0.4, -0.2) is 41.5 Å². The molecule has 0 radical (unpaired) electrons. The quantitative estimate of drug-likeness (QED) is 0.709. The van der Waals surface area contributed by atoms with E-state index in [1.54, 1.807) is 6.20 Å². The second-order valence-corrected chi connectivity index (χ2v) is 7.89. The van der Waals surface area contributed by atoms with Crippen LogP contribution < -0.4 is 5.32 Å². The molecule has 0 aliphatic heterocycles. The van der Waals surface area contributed by atoms with Crippen LogP contribution in [0.3, 0.4) is 0 Å². The first-order chi connectivity index (χ1) is 13.1. The van der Waals surface area contributed by atoms with Gasteiger partial charge < -0.3 is 14.6 Å². The Kier molecular flexibility index (Phi) is 5.12. The van der Waals surface area contributed by atoms with Crippen molar-refractivity contribution >= 4 is 16.6 Å². The van der Waals surface area contributed by atoms with Gasteiger partial charge in [-0.25, -0.2) is 9.97 Å². The summed E-state index contributed by atoms with van der Waals surface area (Å²) in [5.74, 6) is 3.18. The van der Waals surface area contributed by atoms with Crippen LogP contribution in [0.5, 0.6) is 0 Å². The van der Waals surface area contributed by atoms with Crippen molar-refractivity contribution in [2.45, 2.75) is 38.6 Å². The number of aromatic nitrogens is 2. The number of nitrogens with one attached hydrogen (secondary N) is 1. The summed E-state index contributed by atoms with van der Waals surface area (Å²) in [5.41, 5.74) is 1.04. The van der Waals surface area contributed by atoms with E-state index in [1.807, 2.05) is 13.1 Å². The Morgan fingerprint density at radius 1 is 1.04 bits per heavy atom. The lowest BCUT2D eigenvalue weighted by atomic mass is 9.85. The van der Waals surface area contributed by atoms with Gasteiger partial charge in [-0.1, -0.05) is 12.1 Å². The SMILES string of the molecule is Cc1ncc(-c2ccc3cnc(NCC4CCC(N(C)C)CC4)cc3c2)o1. The minimum atomic E-state index is 0.686. The van der Waals surface area contributed by atoms with Gasteiger partial charge in [0.15, 0.2) is 11.7 Å². The van der Waals surface area contributed by atoms with Crippen molar-refractivity contribution in [3.8, 4) is 11.3 Å². The molecule has 0 unspecified atom stereocenters. The smallest absolute Gasteiger partial charge is 0.191 e. The number of hydrogen-bond acceptors (Lipinski definition) is 5. The van der Waals surface area contributed by atoms with Crippen LogP contribution >= 0.6 is 0 Å². The fraction of sp³-hybridized carbons (Fsp3) is 0.455. The van der Waals surface area contributed by atoms with E-state index >= 15 is 0 Å². The van der Waals surface area contributed by atoms with Gasteiger partial charge in [-0.15, -0.1) is 0 Å². The van der Waals surface area contributed by atoms with Crippen molar-refractivity contribution in [1.82, 2.24) is 14.9 Å². The van der Waals surface area contributed by atoms with Crippen molar-refractivity contribution < 1.29 is 4.42 Å². The Balaban J connectivity index is 1.43. The Hall–Kier alpha value is -2.40. The highest BCUT2D eigenvalue weighted by molar-refractivity contribution is 5.87. The first kappa shape index (κ1) is 18.0. The number of oxazole rings is 1. The number of nitrogens with zero attached hydrogens (tertiary/aromatic N) is 3. The van der Waals surface area contributed by atoms with Gasteiger partial charge in [0.1, 0.15) is 5.82 Å². The molecule has 0 bridgehead atoms. The standard InChI is InChI=1S/C22H28N4O/c1-15-23-14-21(27-15)17-6-7-18-13-25-22(11-19(18)10-17)24-12-16-4-8-20(9-5-16)26(2)3/h6-7,10-11,13-14,16,20H,4-5,8-9,12H2,1-3H3,(H,24,25). The Morgan fingerprint density at radius 3 is 2.56 bits per heavy atom. The lowest BCUT2D eigenvalue weighted by molar-refractivity contribution is 0.198. The van der Waals surface area contributed by atoms with E-state index in [0.29, 0.717) is 5.89 Å². The van der Waals surface area contributed by atoms with Gasteiger partial charge in [0, 0.05) is 36.7 Å². The molecule has 2 heterocycles. The van der Waals surface area contributed by atoms with Crippen LogP contribution in [0.4, 0.5) is 5.82 Å². The largest absolute Gasteiger partial charge is 0.441 e. The van der Waals surface area contributed by atoms with Crippen LogP contribution in [0.15, 0.2) is 41.1 Å². The number of aryl methyl sites for hydroxylation is 1. The molecular formula is C22H28N4O. The molecule has 5 heteroatoms. The predicted molar refractivity (Wildman–Crippen MR) is 110 cm³/mol. The average Bonchev–Trinajstić information content (AvgIpc) is 3.12. The zero-order valence-electron chi connectivity index (χ0n) is 16.4. The van der Waals surface area contributed by atoms with E-state index in [1.165, 1.54) is 25.7 Å². The Bertz CT molecular complexity index is 910. The molecular weight excluding hydrogens is 336 g/mol. The normalized spacial score (nSPS) is 20.3. The van der Waals surface area contributed by atoms with Gasteiger partial charge in [0.05, 0.1) is 6.20 Å². The van der Waals surface area contributed by atoms with Crippen LogP contribution in [0.2, 0.25) is 0 Å². The molecule has 0 saturated heterocycles. The van der Waals surface area contributed by atoms with Gasteiger partial charge in [0.25, 0.3) is 0 Å². The second kappa shape index (κ2) is 7.69. The number of pyridine rings is 1. The number of hydrogen-bond donors (Lipinski definition) is 1. The summed E-state index contributed by atoms with van der Waals surface area (Å²) in [6.45, 7) is 2.86. The van der Waals surface area contributed by atoms with E-state index in [2.05, 4.69) is 58.5 Å². The lowest BCUT2D eigenvalue weighted by Crippen LogP contribution is -2.33. The van der Waals surface area contributed by atoms with E-state index in [0.717, 1.165) is 46.4 Å². The van der Waals surface area contributed by atoms with Crippen molar-refractivity contribution in [1.29, 1.82) is 0 Å². The average molecular weight is 364 g/mol. The lowest BCUT2D eigenvalue weighted by Gasteiger charge is -2.32. The van der Waals surface area contributed by atoms with Crippen LogP contribution in [-0.2, 0) is 0 Å². The topological polar surface area (TPSA) is 54.2 Å². The molecule has 0 atom stereocenters. The van der Waals surface area contributed by atoms with E-state index in [-0.39, 0.29) is 0 Å². The van der Waals surface area contributed by atoms with Gasteiger partial charge in [-0.05, 0) is 63.2 Å². The third-order valence-corrected chi connectivity index (χ3v) is 5.75. The van der Waals surface area contributed by atoms with Crippen molar-refractivity contribution in [2.75, 3.05) is 26.0 Å². The number of anilines is 1. The summed E-state index contributed by atoms with van der Waals surface area (Å²) in [5, 5.41) is 5.85. The van der Waals surface area contributed by atoms with Crippen LogP contribution in [0.25, 0.3) is 22.1 Å². The highest BCUT2D eigenvalue weighted by atomic mass is 16.4. The number of rotatable bonds is 5. The van der Waals surface area contributed by atoms with Gasteiger partial charge >= 0.3 is 0 Å². The monoisotopic (exact) mass is 364 g/mol. The molecule has 1 saturated carbocycles. The summed E-state index contributed by atoms with van der Waals surface area (Å²) >= 11 is 0. The summed E-state index contributed by atoms with van der Waals surface area (Å²) < 4.78 is 5.66. The molecule has 2 aromatic heterocycles. The summed E-state index contributed by atoms with van der Waals surface area (Å²) in [7, 11) is 4.38. The van der Waals surface area contributed by atoms with Crippen LogP contribution in [0.1, 0.15) is 31.6 Å². The summed E-state index contributed by atoms with van der Waals surface area (Å²) in [6.07, 6.45) is 8.89. The van der Waals surface area contributed by atoms with Gasteiger partial charge in [-0.3, -0.25) is 0 Å². The maximum Gasteiger partial charge on any atom is 0.191 e. The molecule has 4 rings (SSSR count). The van der Waals surface area contributed by atoms with Crippen molar-refractivity contribution in [3.05, 3.63) is 42.5 Å². The van der Waals surface area contributed by atoms with Gasteiger partial charge in [0.2, 0.25) is 0 Å². The van der Waals surface area contributed by atoms with Gasteiger partial charge in [-0.2, -0.15) is 0 Å². The van der Waals surface area contributed by atoms with Crippen molar-refractivity contribution in [2.24, 2.45) is 5.92 Å². The van der Waals surface area contributed by atoms with E-state index in [9.17, 15) is 0 Å². The molecule has 5 nitrogen and oxygen atoms in total. The molecule has 142 valence electrons.